The van der Waals surface area contributed by atoms with Crippen molar-refractivity contribution in [1.29, 1.82) is 0 Å². The van der Waals surface area contributed by atoms with Gasteiger partial charge in [0.2, 0.25) is 5.91 Å². The molecule has 1 saturated heterocycles. The number of benzene rings is 2. The van der Waals surface area contributed by atoms with Crippen LogP contribution in [0.25, 0.3) is 11.3 Å². The fourth-order valence-electron chi connectivity index (χ4n) is 3.61. The molecule has 2 N–H and O–H groups in total. The lowest BCUT2D eigenvalue weighted by atomic mass is 10.0. The SMILES string of the molecule is NC(=O)c1ccc(-c2csc(C3(I)CCCCN3C(=O)COc3ccccc3)n2)cc1. The predicted octanol–water partition coefficient (Wildman–Crippen LogP) is 4.59. The minimum Gasteiger partial charge on any atom is -0.484 e. The molecule has 4 rings (SSSR count). The number of piperidine rings is 1. The summed E-state index contributed by atoms with van der Waals surface area (Å²) >= 11 is 3.92. The average molecular weight is 547 g/mol. The zero-order valence-electron chi connectivity index (χ0n) is 16.8. The number of hydrogen-bond acceptors (Lipinski definition) is 5. The van der Waals surface area contributed by atoms with Crippen molar-refractivity contribution in [3.05, 3.63) is 70.5 Å². The number of carbonyl (C=O) groups excluding carboxylic acids is 2. The summed E-state index contributed by atoms with van der Waals surface area (Å²) in [5.41, 5.74) is 7.53. The van der Waals surface area contributed by atoms with E-state index in [0.717, 1.165) is 35.5 Å². The Hall–Kier alpha value is -2.46. The molecule has 0 aliphatic carbocycles. The Labute approximate surface area is 198 Å². The second-order valence-electron chi connectivity index (χ2n) is 7.34. The van der Waals surface area contributed by atoms with Crippen molar-refractivity contribution in [1.82, 2.24) is 9.88 Å². The summed E-state index contributed by atoms with van der Waals surface area (Å²) in [5.74, 6) is 0.189. The van der Waals surface area contributed by atoms with Crippen molar-refractivity contribution in [3.63, 3.8) is 0 Å². The van der Waals surface area contributed by atoms with Gasteiger partial charge in [-0.05, 0) is 66.1 Å². The Kier molecular flexibility index (Phi) is 6.57. The van der Waals surface area contributed by atoms with E-state index in [1.807, 2.05) is 52.7 Å². The number of primary amides is 1. The Morgan fingerprint density at radius 1 is 1.13 bits per heavy atom. The van der Waals surface area contributed by atoms with Crippen molar-refractivity contribution >= 4 is 45.7 Å². The molecule has 160 valence electrons. The number of amides is 2. The summed E-state index contributed by atoms with van der Waals surface area (Å²) in [5, 5.41) is 2.89. The van der Waals surface area contributed by atoms with Crippen LogP contribution >= 0.6 is 33.9 Å². The largest absolute Gasteiger partial charge is 0.484 e. The van der Waals surface area contributed by atoms with Gasteiger partial charge in [-0.2, -0.15) is 0 Å². The van der Waals surface area contributed by atoms with Crippen LogP contribution in [0.3, 0.4) is 0 Å². The third kappa shape index (κ3) is 4.74. The third-order valence-corrected chi connectivity index (χ3v) is 8.26. The number of para-hydroxylation sites is 1. The third-order valence-electron chi connectivity index (χ3n) is 5.27. The number of ether oxygens (including phenoxy) is 1. The fraction of sp³-hybridized carbons (Fsp3) is 0.261. The number of alkyl halides is 1. The lowest BCUT2D eigenvalue weighted by Gasteiger charge is -2.41. The Bertz CT molecular complexity index is 1070. The van der Waals surface area contributed by atoms with Gasteiger partial charge >= 0.3 is 0 Å². The van der Waals surface area contributed by atoms with Gasteiger partial charge in [0.05, 0.1) is 5.69 Å². The summed E-state index contributed by atoms with van der Waals surface area (Å²) in [6.07, 6.45) is 2.85. The minimum atomic E-state index is -0.497. The summed E-state index contributed by atoms with van der Waals surface area (Å²) in [6.45, 7) is 0.684. The Morgan fingerprint density at radius 3 is 2.58 bits per heavy atom. The summed E-state index contributed by atoms with van der Waals surface area (Å²) in [7, 11) is 0. The Balaban J connectivity index is 1.53. The summed E-state index contributed by atoms with van der Waals surface area (Å²) in [6, 6.07) is 16.5. The maximum atomic E-state index is 13.1. The minimum absolute atomic E-state index is 0.00156. The van der Waals surface area contributed by atoms with E-state index in [2.05, 4.69) is 22.6 Å². The molecule has 2 heterocycles. The van der Waals surface area contributed by atoms with E-state index in [-0.39, 0.29) is 12.5 Å². The quantitative estimate of drug-likeness (QED) is 0.278. The normalized spacial score (nSPS) is 18.5. The zero-order valence-corrected chi connectivity index (χ0v) is 19.8. The monoisotopic (exact) mass is 547 g/mol. The molecule has 2 amide bonds. The van der Waals surface area contributed by atoms with E-state index in [1.54, 1.807) is 23.5 Å². The van der Waals surface area contributed by atoms with Crippen molar-refractivity contribution in [2.75, 3.05) is 13.2 Å². The summed E-state index contributed by atoms with van der Waals surface area (Å²) < 4.78 is 5.21. The Morgan fingerprint density at radius 2 is 1.87 bits per heavy atom. The number of halogens is 1. The topological polar surface area (TPSA) is 85.5 Å². The molecule has 2 aromatic carbocycles. The van der Waals surface area contributed by atoms with Gasteiger partial charge in [0.15, 0.2) is 6.61 Å². The second-order valence-corrected chi connectivity index (χ2v) is 9.99. The van der Waals surface area contributed by atoms with E-state index in [4.69, 9.17) is 15.5 Å². The molecule has 1 aromatic heterocycles. The molecule has 1 fully saturated rings. The van der Waals surface area contributed by atoms with Gasteiger partial charge in [-0.15, -0.1) is 11.3 Å². The average Bonchev–Trinajstić information content (AvgIpc) is 3.30. The van der Waals surface area contributed by atoms with Crippen molar-refractivity contribution in [2.24, 2.45) is 5.73 Å². The highest BCUT2D eigenvalue weighted by molar-refractivity contribution is 14.1. The van der Waals surface area contributed by atoms with E-state index in [9.17, 15) is 9.59 Å². The molecule has 0 spiro atoms. The highest BCUT2D eigenvalue weighted by Gasteiger charge is 2.43. The first-order valence-electron chi connectivity index (χ1n) is 10.0. The lowest BCUT2D eigenvalue weighted by Crippen LogP contribution is -2.50. The van der Waals surface area contributed by atoms with Gasteiger partial charge < -0.3 is 15.4 Å². The molecule has 6 nitrogen and oxygen atoms in total. The highest BCUT2D eigenvalue weighted by Crippen LogP contribution is 2.45. The van der Waals surface area contributed by atoms with E-state index in [1.165, 1.54) is 0 Å². The number of nitrogens with zero attached hydrogens (tertiary/aromatic N) is 2. The molecular weight excluding hydrogens is 525 g/mol. The van der Waals surface area contributed by atoms with Crippen LogP contribution in [0.1, 0.15) is 34.6 Å². The molecule has 0 saturated carbocycles. The number of hydrogen-bond donors (Lipinski definition) is 1. The van der Waals surface area contributed by atoms with Crippen LogP contribution in [0.15, 0.2) is 60.0 Å². The van der Waals surface area contributed by atoms with Gasteiger partial charge in [-0.25, -0.2) is 4.98 Å². The first-order valence-corrected chi connectivity index (χ1v) is 12.0. The van der Waals surface area contributed by atoms with Crippen molar-refractivity contribution in [2.45, 2.75) is 22.8 Å². The molecule has 31 heavy (non-hydrogen) atoms. The molecule has 8 heteroatoms. The van der Waals surface area contributed by atoms with Crippen LogP contribution in [0, 0.1) is 0 Å². The van der Waals surface area contributed by atoms with Gasteiger partial charge in [0.25, 0.3) is 5.91 Å². The molecule has 3 aromatic rings. The summed E-state index contributed by atoms with van der Waals surface area (Å²) in [4.78, 5) is 31.1. The first-order chi connectivity index (χ1) is 15.0. The highest BCUT2D eigenvalue weighted by atomic mass is 127. The molecule has 1 aliphatic rings. The second kappa shape index (κ2) is 9.35. The van der Waals surface area contributed by atoms with Gasteiger partial charge in [-0.3, -0.25) is 9.59 Å². The van der Waals surface area contributed by atoms with E-state index >= 15 is 0 Å². The van der Waals surface area contributed by atoms with Crippen LogP contribution in [-0.2, 0) is 8.34 Å². The number of nitrogens with two attached hydrogens (primary N) is 1. The van der Waals surface area contributed by atoms with E-state index in [0.29, 0.717) is 17.9 Å². The number of likely N-dealkylation sites (tertiary alicyclic amines) is 1. The van der Waals surface area contributed by atoms with Gasteiger partial charge in [0, 0.05) is 23.1 Å². The molecule has 0 bridgehead atoms. The van der Waals surface area contributed by atoms with Crippen molar-refractivity contribution in [3.8, 4) is 17.0 Å². The number of thiazole rings is 1. The molecule has 0 radical (unpaired) electrons. The number of carbonyl (C=O) groups is 2. The molecule has 1 aliphatic heterocycles. The van der Waals surface area contributed by atoms with Gasteiger partial charge in [0.1, 0.15) is 14.3 Å². The van der Waals surface area contributed by atoms with Crippen LogP contribution in [0.4, 0.5) is 0 Å². The lowest BCUT2D eigenvalue weighted by molar-refractivity contribution is -0.138. The molecular formula is C23H22IN3O3S. The maximum absolute atomic E-state index is 13.1. The number of rotatable bonds is 6. The van der Waals surface area contributed by atoms with Gasteiger partial charge in [-0.1, -0.05) is 30.3 Å². The van der Waals surface area contributed by atoms with Crippen LogP contribution in [-0.4, -0.2) is 34.8 Å². The molecule has 1 unspecified atom stereocenters. The fourth-order valence-corrected chi connectivity index (χ4v) is 5.96. The maximum Gasteiger partial charge on any atom is 0.261 e. The van der Waals surface area contributed by atoms with Crippen LogP contribution in [0.5, 0.6) is 5.75 Å². The van der Waals surface area contributed by atoms with Crippen molar-refractivity contribution < 1.29 is 14.3 Å². The van der Waals surface area contributed by atoms with E-state index < -0.39 is 9.45 Å². The molecule has 1 atom stereocenters. The van der Waals surface area contributed by atoms with Crippen LogP contribution < -0.4 is 10.5 Å². The zero-order chi connectivity index (χ0) is 21.8. The smallest absolute Gasteiger partial charge is 0.261 e. The first kappa shape index (κ1) is 21.8. The predicted molar refractivity (Wildman–Crippen MR) is 129 cm³/mol. The number of aromatic nitrogens is 1. The van der Waals surface area contributed by atoms with Crippen LogP contribution in [0.2, 0.25) is 0 Å². The standard InChI is InChI=1S/C23H22IN3O3S/c24-23(22-26-19(15-31-22)16-8-10-17(11-9-16)21(25)29)12-4-5-13-27(23)20(28)14-30-18-6-2-1-3-7-18/h1-3,6-11,15H,4-5,12-14H2,(H2,25,29).